The van der Waals surface area contributed by atoms with Crippen molar-refractivity contribution in [1.82, 2.24) is 5.32 Å². The van der Waals surface area contributed by atoms with Gasteiger partial charge in [0.1, 0.15) is 0 Å². The van der Waals surface area contributed by atoms with Crippen LogP contribution in [0.15, 0.2) is 18.2 Å². The molecular weight excluding hydrogens is 277 g/mol. The summed E-state index contributed by atoms with van der Waals surface area (Å²) in [5, 5.41) is 5.03. The lowest BCUT2D eigenvalue weighted by molar-refractivity contribution is 0.261. The Morgan fingerprint density at radius 3 is 2.68 bits per heavy atom. The number of nitrogens with one attached hydrogen (secondary N) is 1. The Kier molecular flexibility index (Phi) is 6.00. The lowest BCUT2D eigenvalue weighted by atomic mass is 9.80. The summed E-state index contributed by atoms with van der Waals surface area (Å²) in [7, 11) is 0. The fourth-order valence-corrected chi connectivity index (χ4v) is 3.34. The van der Waals surface area contributed by atoms with Gasteiger partial charge in [0.2, 0.25) is 0 Å². The molecule has 1 N–H and O–H groups in total. The van der Waals surface area contributed by atoms with Crippen LogP contribution < -0.4 is 5.32 Å². The molecule has 3 heteroatoms. The van der Waals surface area contributed by atoms with E-state index in [0.717, 1.165) is 18.9 Å². The van der Waals surface area contributed by atoms with E-state index in [0.29, 0.717) is 16.1 Å². The lowest BCUT2D eigenvalue weighted by Crippen LogP contribution is -2.39. The van der Waals surface area contributed by atoms with E-state index in [2.05, 4.69) is 18.3 Å². The highest BCUT2D eigenvalue weighted by atomic mass is 35.5. The lowest BCUT2D eigenvalue weighted by Gasteiger charge is -2.32. The molecule has 1 aliphatic rings. The molecular formula is C16H23Cl2N. The summed E-state index contributed by atoms with van der Waals surface area (Å²) in [6.07, 6.45) is 7.66. The van der Waals surface area contributed by atoms with Crippen molar-refractivity contribution >= 4 is 23.2 Å². The fraction of sp³-hybridized carbons (Fsp3) is 0.625. The third-order valence-corrected chi connectivity index (χ3v) is 4.79. The smallest absolute Gasteiger partial charge is 0.0595 e. The second-order valence-corrected chi connectivity index (χ2v) is 6.37. The predicted molar refractivity (Wildman–Crippen MR) is 84.2 cm³/mol. The summed E-state index contributed by atoms with van der Waals surface area (Å²) in [6.45, 7) is 3.35. The Morgan fingerprint density at radius 1 is 1.16 bits per heavy atom. The van der Waals surface area contributed by atoms with Gasteiger partial charge in [-0.25, -0.2) is 0 Å². The van der Waals surface area contributed by atoms with Gasteiger partial charge < -0.3 is 5.32 Å². The second kappa shape index (κ2) is 7.52. The summed E-state index contributed by atoms with van der Waals surface area (Å²) in [5.74, 6) is 0.734. The molecule has 0 spiro atoms. The Balaban J connectivity index is 1.99. The predicted octanol–water partition coefficient (Wildman–Crippen LogP) is 5.09. The number of rotatable bonds is 5. The van der Waals surface area contributed by atoms with Gasteiger partial charge in [0.15, 0.2) is 0 Å². The first-order valence-electron chi connectivity index (χ1n) is 7.38. The Labute approximate surface area is 126 Å². The molecule has 2 rings (SSSR count). The molecule has 1 fully saturated rings. The zero-order chi connectivity index (χ0) is 13.7. The van der Waals surface area contributed by atoms with E-state index >= 15 is 0 Å². The van der Waals surface area contributed by atoms with Crippen LogP contribution in [0, 0.1) is 5.92 Å². The summed E-state index contributed by atoms with van der Waals surface area (Å²) >= 11 is 12.1. The quantitative estimate of drug-likeness (QED) is 0.798. The van der Waals surface area contributed by atoms with Gasteiger partial charge in [0.25, 0.3) is 0 Å². The van der Waals surface area contributed by atoms with Gasteiger partial charge in [0.05, 0.1) is 10.0 Å². The third-order valence-electron chi connectivity index (χ3n) is 4.05. The molecule has 0 saturated heterocycles. The Morgan fingerprint density at radius 2 is 1.95 bits per heavy atom. The van der Waals surface area contributed by atoms with Crippen LogP contribution in [0.4, 0.5) is 0 Å². The molecule has 0 radical (unpaired) electrons. The monoisotopic (exact) mass is 299 g/mol. The van der Waals surface area contributed by atoms with E-state index in [1.54, 1.807) is 0 Å². The van der Waals surface area contributed by atoms with Crippen molar-refractivity contribution in [3.8, 4) is 0 Å². The van der Waals surface area contributed by atoms with Crippen molar-refractivity contribution in [2.45, 2.75) is 51.5 Å². The van der Waals surface area contributed by atoms with E-state index in [1.807, 2.05) is 12.1 Å². The van der Waals surface area contributed by atoms with E-state index in [-0.39, 0.29) is 0 Å². The van der Waals surface area contributed by atoms with E-state index < -0.39 is 0 Å². The summed E-state index contributed by atoms with van der Waals surface area (Å²) < 4.78 is 0. The first-order chi connectivity index (χ1) is 9.20. The molecule has 1 nitrogen and oxygen atoms in total. The van der Waals surface area contributed by atoms with Crippen LogP contribution in [0.25, 0.3) is 0 Å². The molecule has 1 aliphatic carbocycles. The Bertz CT molecular complexity index is 406. The average Bonchev–Trinajstić information content (AvgIpc) is 2.42. The van der Waals surface area contributed by atoms with Crippen LogP contribution in [0.5, 0.6) is 0 Å². The zero-order valence-corrected chi connectivity index (χ0v) is 13.1. The molecule has 1 saturated carbocycles. The molecule has 2 atom stereocenters. The summed E-state index contributed by atoms with van der Waals surface area (Å²) in [4.78, 5) is 0. The number of halogens is 2. The minimum atomic E-state index is 0.648. The molecule has 0 aliphatic heterocycles. The van der Waals surface area contributed by atoms with Crippen LogP contribution in [-0.2, 0) is 6.42 Å². The average molecular weight is 300 g/mol. The van der Waals surface area contributed by atoms with E-state index in [9.17, 15) is 0 Å². The molecule has 0 amide bonds. The summed E-state index contributed by atoms with van der Waals surface area (Å²) in [6, 6.07) is 6.72. The number of hydrogen-bond donors (Lipinski definition) is 1. The van der Waals surface area contributed by atoms with Gasteiger partial charge in [-0.05, 0) is 55.8 Å². The maximum Gasteiger partial charge on any atom is 0.0595 e. The minimum absolute atomic E-state index is 0.648. The molecule has 1 aromatic rings. The van der Waals surface area contributed by atoms with Gasteiger partial charge in [-0.3, -0.25) is 0 Å². The number of benzene rings is 1. The molecule has 106 valence electrons. The van der Waals surface area contributed by atoms with Crippen molar-refractivity contribution in [3.05, 3.63) is 33.8 Å². The fourth-order valence-electron chi connectivity index (χ4n) is 3.02. The van der Waals surface area contributed by atoms with Crippen LogP contribution >= 0.6 is 23.2 Å². The van der Waals surface area contributed by atoms with Crippen LogP contribution in [-0.4, -0.2) is 12.6 Å². The molecule has 0 heterocycles. The van der Waals surface area contributed by atoms with Gasteiger partial charge in [0, 0.05) is 6.04 Å². The zero-order valence-electron chi connectivity index (χ0n) is 11.6. The van der Waals surface area contributed by atoms with Crippen LogP contribution in [0.1, 0.15) is 44.6 Å². The largest absolute Gasteiger partial charge is 0.314 e. The Hall–Kier alpha value is -0.240. The highest BCUT2D eigenvalue weighted by Gasteiger charge is 2.24. The maximum absolute atomic E-state index is 6.10. The molecule has 2 unspecified atom stereocenters. The molecule has 19 heavy (non-hydrogen) atoms. The first kappa shape index (κ1) is 15.2. The van der Waals surface area contributed by atoms with E-state index in [1.165, 1.54) is 37.7 Å². The van der Waals surface area contributed by atoms with Crippen molar-refractivity contribution < 1.29 is 0 Å². The molecule has 0 bridgehead atoms. The first-order valence-corrected chi connectivity index (χ1v) is 8.13. The standard InChI is InChI=1S/C16H23Cl2N/c1-2-9-19-16-6-4-3-5-13(16)10-12-7-8-14(17)15(18)11-12/h7-8,11,13,16,19H,2-6,9-10H2,1H3. The minimum Gasteiger partial charge on any atom is -0.314 e. The van der Waals surface area contributed by atoms with Crippen molar-refractivity contribution in [3.63, 3.8) is 0 Å². The van der Waals surface area contributed by atoms with Crippen molar-refractivity contribution in [2.75, 3.05) is 6.54 Å². The third kappa shape index (κ3) is 4.37. The van der Waals surface area contributed by atoms with Crippen molar-refractivity contribution in [1.29, 1.82) is 0 Å². The SMILES string of the molecule is CCCNC1CCCCC1Cc1ccc(Cl)c(Cl)c1. The highest BCUT2D eigenvalue weighted by molar-refractivity contribution is 6.42. The maximum atomic E-state index is 6.10. The van der Waals surface area contributed by atoms with Gasteiger partial charge in [-0.1, -0.05) is 49.0 Å². The summed E-state index contributed by atoms with van der Waals surface area (Å²) in [5.41, 5.74) is 1.31. The second-order valence-electron chi connectivity index (χ2n) is 5.56. The van der Waals surface area contributed by atoms with Crippen molar-refractivity contribution in [2.24, 2.45) is 5.92 Å². The van der Waals surface area contributed by atoms with Crippen LogP contribution in [0.2, 0.25) is 10.0 Å². The normalized spacial score (nSPS) is 23.5. The molecule has 1 aromatic carbocycles. The van der Waals surface area contributed by atoms with Gasteiger partial charge in [-0.15, -0.1) is 0 Å². The molecule has 0 aromatic heterocycles. The van der Waals surface area contributed by atoms with Crippen LogP contribution in [0.3, 0.4) is 0 Å². The van der Waals surface area contributed by atoms with Gasteiger partial charge >= 0.3 is 0 Å². The topological polar surface area (TPSA) is 12.0 Å². The van der Waals surface area contributed by atoms with E-state index in [4.69, 9.17) is 23.2 Å². The van der Waals surface area contributed by atoms with Gasteiger partial charge in [-0.2, -0.15) is 0 Å². The number of hydrogen-bond acceptors (Lipinski definition) is 1. The highest BCUT2D eigenvalue weighted by Crippen LogP contribution is 2.30.